The summed E-state index contributed by atoms with van der Waals surface area (Å²) in [7, 11) is 0. The molecule has 5 nitrogen and oxygen atoms in total. The number of carbonyl (C=O) groups is 2. The first-order valence-electron chi connectivity index (χ1n) is 7.80. The van der Waals surface area contributed by atoms with Gasteiger partial charge in [0.05, 0.1) is 5.56 Å². The molecule has 1 N–H and O–H groups in total. The highest BCUT2D eigenvalue weighted by atomic mass is 19.4. The number of alkyl halides is 3. The number of hydrogen-bond acceptors (Lipinski definition) is 3. The molecule has 0 spiro atoms. The summed E-state index contributed by atoms with van der Waals surface area (Å²) in [5, 5.41) is 9.52. The third-order valence-electron chi connectivity index (χ3n) is 3.95. The zero-order valence-corrected chi connectivity index (χ0v) is 14.1. The average Bonchev–Trinajstić information content (AvgIpc) is 2.89. The van der Waals surface area contributed by atoms with Crippen molar-refractivity contribution in [3.63, 3.8) is 0 Å². The van der Waals surface area contributed by atoms with E-state index in [9.17, 15) is 27.9 Å². The summed E-state index contributed by atoms with van der Waals surface area (Å²) in [6, 6.07) is 3.20. The average molecular weight is 359 g/mol. The molecule has 25 heavy (non-hydrogen) atoms. The Kier molecular flexibility index (Phi) is 5.02. The topological polar surface area (TPSA) is 66.8 Å². The zero-order chi connectivity index (χ0) is 19.0. The summed E-state index contributed by atoms with van der Waals surface area (Å²) in [5.74, 6) is -1.81. The summed E-state index contributed by atoms with van der Waals surface area (Å²) < 4.78 is 43.2. The fraction of sp³-hybridized carbons (Fsp3) is 0.529. The van der Waals surface area contributed by atoms with Crippen molar-refractivity contribution in [3.05, 3.63) is 35.4 Å². The van der Waals surface area contributed by atoms with Crippen molar-refractivity contribution in [2.45, 2.75) is 50.9 Å². The van der Waals surface area contributed by atoms with Gasteiger partial charge in [0.25, 0.3) is 0 Å². The number of amides is 1. The molecule has 0 radical (unpaired) electrons. The van der Waals surface area contributed by atoms with Gasteiger partial charge in [0, 0.05) is 12.5 Å². The normalized spacial score (nSPS) is 21.3. The van der Waals surface area contributed by atoms with E-state index >= 15 is 0 Å². The van der Waals surface area contributed by atoms with Gasteiger partial charge >= 0.3 is 18.2 Å². The number of carbonyl (C=O) groups excluding carboxylic acids is 1. The molecule has 0 saturated carbocycles. The number of ether oxygens (including phenoxy) is 1. The summed E-state index contributed by atoms with van der Waals surface area (Å²) in [5.41, 5.74) is -1.12. The Bertz CT molecular complexity index is 649. The van der Waals surface area contributed by atoms with Crippen LogP contribution < -0.4 is 0 Å². The predicted octanol–water partition coefficient (Wildman–Crippen LogP) is 3.88. The number of carboxylic acids is 1. The molecule has 1 aromatic rings. The van der Waals surface area contributed by atoms with Gasteiger partial charge in [0.1, 0.15) is 11.6 Å². The van der Waals surface area contributed by atoms with Gasteiger partial charge in [-0.15, -0.1) is 0 Å². The fourth-order valence-electron chi connectivity index (χ4n) is 2.89. The minimum atomic E-state index is -4.46. The van der Waals surface area contributed by atoms with Gasteiger partial charge in [-0.3, -0.25) is 4.90 Å². The van der Waals surface area contributed by atoms with Crippen LogP contribution in [-0.4, -0.2) is 40.3 Å². The van der Waals surface area contributed by atoms with E-state index in [0.717, 1.165) is 17.0 Å². The van der Waals surface area contributed by atoms with Crippen molar-refractivity contribution < 1.29 is 32.6 Å². The van der Waals surface area contributed by atoms with Crippen LogP contribution in [0.5, 0.6) is 0 Å². The number of hydrogen-bond donors (Lipinski definition) is 1. The molecule has 1 fully saturated rings. The molecule has 1 amide bonds. The minimum absolute atomic E-state index is 0.164. The minimum Gasteiger partial charge on any atom is -0.480 e. The van der Waals surface area contributed by atoms with Crippen molar-refractivity contribution >= 4 is 12.1 Å². The summed E-state index contributed by atoms with van der Waals surface area (Å²) in [6.45, 7) is 5.18. The maximum atomic E-state index is 12.7. The van der Waals surface area contributed by atoms with Crippen LogP contribution in [0, 0.1) is 0 Å². The number of rotatable bonds is 2. The van der Waals surface area contributed by atoms with Crippen LogP contribution >= 0.6 is 0 Å². The second-order valence-electron chi connectivity index (χ2n) is 6.97. The van der Waals surface area contributed by atoms with Crippen LogP contribution in [0.2, 0.25) is 0 Å². The maximum absolute atomic E-state index is 12.7. The van der Waals surface area contributed by atoms with Crippen molar-refractivity contribution in [1.82, 2.24) is 4.90 Å². The highest BCUT2D eigenvalue weighted by Crippen LogP contribution is 2.36. The van der Waals surface area contributed by atoms with Gasteiger partial charge in [-0.1, -0.05) is 12.1 Å². The highest BCUT2D eigenvalue weighted by molar-refractivity contribution is 5.82. The molecule has 1 aliphatic heterocycles. The smallest absolute Gasteiger partial charge is 0.416 e. The lowest BCUT2D eigenvalue weighted by Crippen LogP contribution is -2.45. The molecule has 138 valence electrons. The van der Waals surface area contributed by atoms with Crippen molar-refractivity contribution in [1.29, 1.82) is 0 Å². The van der Waals surface area contributed by atoms with Gasteiger partial charge < -0.3 is 9.84 Å². The second kappa shape index (κ2) is 6.57. The Morgan fingerprint density at radius 2 is 1.72 bits per heavy atom. The Morgan fingerprint density at radius 3 is 2.16 bits per heavy atom. The first-order chi connectivity index (χ1) is 11.4. The van der Waals surface area contributed by atoms with Crippen LogP contribution in [0.15, 0.2) is 24.3 Å². The monoisotopic (exact) mass is 359 g/mol. The first-order valence-corrected chi connectivity index (χ1v) is 7.80. The third-order valence-corrected chi connectivity index (χ3v) is 3.95. The maximum Gasteiger partial charge on any atom is 0.416 e. The summed E-state index contributed by atoms with van der Waals surface area (Å²) >= 11 is 0. The Hall–Kier alpha value is -2.25. The van der Waals surface area contributed by atoms with E-state index in [1.54, 1.807) is 20.8 Å². The number of carboxylic acid groups (broad SMARTS) is 1. The molecule has 1 aromatic carbocycles. The fourth-order valence-corrected chi connectivity index (χ4v) is 2.89. The highest BCUT2D eigenvalue weighted by Gasteiger charge is 2.44. The molecule has 1 heterocycles. The van der Waals surface area contributed by atoms with Crippen LogP contribution in [-0.2, 0) is 15.7 Å². The molecule has 2 atom stereocenters. The van der Waals surface area contributed by atoms with Crippen molar-refractivity contribution in [2.75, 3.05) is 6.54 Å². The lowest BCUT2D eigenvalue weighted by molar-refractivity contribution is -0.142. The van der Waals surface area contributed by atoms with E-state index in [4.69, 9.17) is 4.74 Å². The lowest BCUT2D eigenvalue weighted by Gasteiger charge is -2.28. The van der Waals surface area contributed by atoms with E-state index < -0.39 is 41.4 Å². The van der Waals surface area contributed by atoms with E-state index in [1.807, 2.05) is 0 Å². The Labute approximate surface area is 143 Å². The quantitative estimate of drug-likeness (QED) is 0.870. The van der Waals surface area contributed by atoms with Gasteiger partial charge in [0.2, 0.25) is 0 Å². The molecular weight excluding hydrogens is 339 g/mol. The predicted molar refractivity (Wildman–Crippen MR) is 83.2 cm³/mol. The van der Waals surface area contributed by atoms with Gasteiger partial charge in [-0.05, 0) is 44.9 Å². The number of nitrogens with zero attached hydrogens (tertiary/aromatic N) is 1. The number of halogens is 3. The molecule has 1 saturated heterocycles. The molecule has 1 aliphatic rings. The van der Waals surface area contributed by atoms with Crippen LogP contribution in [0.1, 0.15) is 44.2 Å². The number of likely N-dealkylation sites (tertiary alicyclic amines) is 1. The number of aliphatic carboxylic acids is 1. The molecule has 0 aliphatic carbocycles. The van der Waals surface area contributed by atoms with E-state index in [1.165, 1.54) is 12.1 Å². The molecule has 2 rings (SSSR count). The molecule has 8 heteroatoms. The van der Waals surface area contributed by atoms with Crippen LogP contribution in [0.4, 0.5) is 18.0 Å². The van der Waals surface area contributed by atoms with Crippen molar-refractivity contribution in [3.8, 4) is 0 Å². The van der Waals surface area contributed by atoms with Crippen molar-refractivity contribution in [2.24, 2.45) is 0 Å². The van der Waals surface area contributed by atoms with Gasteiger partial charge in [-0.2, -0.15) is 13.2 Å². The summed E-state index contributed by atoms with van der Waals surface area (Å²) in [4.78, 5) is 25.0. The Morgan fingerprint density at radius 1 is 1.16 bits per heavy atom. The summed E-state index contributed by atoms with van der Waals surface area (Å²) in [6.07, 6.45) is -4.86. The van der Waals surface area contributed by atoms with E-state index in [-0.39, 0.29) is 6.54 Å². The lowest BCUT2D eigenvalue weighted by atomic mass is 9.91. The first kappa shape index (κ1) is 19.1. The number of benzene rings is 1. The SMILES string of the molecule is CC(C)(C)OC(=O)N1CC[C@H](c2ccc(C(F)(F)F)cc2)[C@H]1C(=O)O. The molecule has 0 bridgehead atoms. The molecular formula is C17H20F3NO4. The van der Waals surface area contributed by atoms with Gasteiger partial charge in [0.15, 0.2) is 0 Å². The molecule has 0 aromatic heterocycles. The Balaban J connectivity index is 2.24. The zero-order valence-electron chi connectivity index (χ0n) is 14.1. The van der Waals surface area contributed by atoms with Crippen LogP contribution in [0.25, 0.3) is 0 Å². The largest absolute Gasteiger partial charge is 0.480 e. The van der Waals surface area contributed by atoms with E-state index in [2.05, 4.69) is 0 Å². The van der Waals surface area contributed by atoms with E-state index in [0.29, 0.717) is 12.0 Å². The van der Waals surface area contributed by atoms with Gasteiger partial charge in [-0.25, -0.2) is 9.59 Å². The standard InChI is InChI=1S/C17H20F3NO4/c1-16(2,3)25-15(24)21-9-8-12(13(21)14(22)23)10-4-6-11(7-5-10)17(18,19)20/h4-7,12-13H,8-9H2,1-3H3,(H,22,23)/t12-,13+/m1/s1. The third kappa shape index (κ3) is 4.43. The molecule has 0 unspecified atom stereocenters. The second-order valence-corrected chi connectivity index (χ2v) is 6.97. The van der Waals surface area contributed by atoms with Crippen LogP contribution in [0.3, 0.4) is 0 Å².